The molecule has 120 valence electrons. The average Bonchev–Trinajstić information content (AvgIpc) is 2.83. The topological polar surface area (TPSA) is 59.3 Å². The lowest BCUT2D eigenvalue weighted by atomic mass is 9.81. The number of hydrogen-bond acceptors (Lipinski definition) is 4. The average molecular weight is 295 g/mol. The van der Waals surface area contributed by atoms with Crippen molar-refractivity contribution in [1.82, 2.24) is 15.1 Å². The third-order valence-corrected chi connectivity index (χ3v) is 4.72. The Hall–Kier alpha value is -0.910. The molecule has 2 heterocycles. The molecule has 0 aliphatic carbocycles. The van der Waals surface area contributed by atoms with Crippen molar-refractivity contribution in [3.63, 3.8) is 0 Å². The summed E-state index contributed by atoms with van der Waals surface area (Å²) in [7, 11) is 2.02. The van der Waals surface area contributed by atoms with Crippen molar-refractivity contribution in [3.05, 3.63) is 17.0 Å². The van der Waals surface area contributed by atoms with E-state index in [-0.39, 0.29) is 12.0 Å². The van der Waals surface area contributed by atoms with Gasteiger partial charge in [0.25, 0.3) is 0 Å². The van der Waals surface area contributed by atoms with Crippen LogP contribution in [0.5, 0.6) is 0 Å². The van der Waals surface area contributed by atoms with Crippen LogP contribution < -0.4 is 5.32 Å². The van der Waals surface area contributed by atoms with E-state index in [1.165, 1.54) is 17.0 Å². The molecule has 1 aromatic rings. The van der Waals surface area contributed by atoms with Crippen LogP contribution in [0.25, 0.3) is 0 Å². The van der Waals surface area contributed by atoms with Crippen LogP contribution in [0.4, 0.5) is 0 Å². The van der Waals surface area contributed by atoms with Gasteiger partial charge in [0.15, 0.2) is 0 Å². The Morgan fingerprint density at radius 3 is 2.57 bits per heavy atom. The highest BCUT2D eigenvalue weighted by molar-refractivity contribution is 5.26. The van der Waals surface area contributed by atoms with Crippen molar-refractivity contribution in [3.8, 4) is 0 Å². The van der Waals surface area contributed by atoms with Gasteiger partial charge >= 0.3 is 0 Å². The molecule has 0 amide bonds. The molecule has 1 fully saturated rings. The summed E-state index contributed by atoms with van der Waals surface area (Å²) in [6.07, 6.45) is 3.83. The van der Waals surface area contributed by atoms with Crippen molar-refractivity contribution in [2.24, 2.45) is 12.5 Å². The van der Waals surface area contributed by atoms with Crippen LogP contribution in [0.3, 0.4) is 0 Å². The Balaban J connectivity index is 1.99. The fraction of sp³-hybridized carbons (Fsp3) is 0.812. The second kappa shape index (κ2) is 7.38. The van der Waals surface area contributed by atoms with Crippen molar-refractivity contribution < 1.29 is 9.84 Å². The molecule has 5 nitrogen and oxygen atoms in total. The van der Waals surface area contributed by atoms with E-state index in [4.69, 9.17) is 4.74 Å². The number of aliphatic hydroxyl groups is 1. The van der Waals surface area contributed by atoms with E-state index in [9.17, 15) is 5.11 Å². The summed E-state index contributed by atoms with van der Waals surface area (Å²) in [5, 5.41) is 17.9. The fourth-order valence-corrected chi connectivity index (χ4v) is 3.24. The minimum atomic E-state index is -0.0147. The molecular formula is C16H29N3O2. The molecule has 2 N–H and O–H groups in total. The van der Waals surface area contributed by atoms with Gasteiger partial charge in [-0.05, 0) is 25.7 Å². The maximum atomic E-state index is 9.73. The molecule has 1 aromatic heterocycles. The summed E-state index contributed by atoms with van der Waals surface area (Å²) < 4.78 is 7.42. The lowest BCUT2D eigenvalue weighted by Crippen LogP contribution is -2.41. The van der Waals surface area contributed by atoms with Crippen LogP contribution in [0.2, 0.25) is 0 Å². The number of aryl methyl sites for hydroxylation is 2. The maximum Gasteiger partial charge on any atom is 0.0669 e. The van der Waals surface area contributed by atoms with Crippen LogP contribution in [0.1, 0.15) is 43.6 Å². The third kappa shape index (κ3) is 3.65. The second-order valence-corrected chi connectivity index (χ2v) is 6.08. The Labute approximate surface area is 127 Å². The summed E-state index contributed by atoms with van der Waals surface area (Å²) in [5.74, 6) is 0. The first-order valence-electron chi connectivity index (χ1n) is 8.08. The van der Waals surface area contributed by atoms with Gasteiger partial charge < -0.3 is 15.2 Å². The van der Waals surface area contributed by atoms with Gasteiger partial charge in [-0.1, -0.05) is 13.8 Å². The van der Waals surface area contributed by atoms with E-state index < -0.39 is 0 Å². The van der Waals surface area contributed by atoms with Gasteiger partial charge in [0.05, 0.1) is 12.3 Å². The van der Waals surface area contributed by atoms with Gasteiger partial charge in [-0.25, -0.2) is 0 Å². The Kier molecular flexibility index (Phi) is 5.79. The fourth-order valence-electron chi connectivity index (χ4n) is 3.24. The highest BCUT2D eigenvalue weighted by atomic mass is 16.5. The lowest BCUT2D eigenvalue weighted by Gasteiger charge is -2.35. The number of ether oxygens (including phenoxy) is 1. The van der Waals surface area contributed by atoms with E-state index in [0.29, 0.717) is 0 Å². The largest absolute Gasteiger partial charge is 0.396 e. The van der Waals surface area contributed by atoms with E-state index in [0.717, 1.165) is 52.0 Å². The van der Waals surface area contributed by atoms with E-state index >= 15 is 0 Å². The number of hydrogen-bond donors (Lipinski definition) is 2. The summed E-state index contributed by atoms with van der Waals surface area (Å²) in [6, 6.07) is 0. The smallest absolute Gasteiger partial charge is 0.0669 e. The molecule has 0 aromatic carbocycles. The molecule has 0 radical (unpaired) electrons. The van der Waals surface area contributed by atoms with Crippen LogP contribution >= 0.6 is 0 Å². The van der Waals surface area contributed by atoms with Crippen LogP contribution in [-0.2, 0) is 31.2 Å². The van der Waals surface area contributed by atoms with Gasteiger partial charge in [0, 0.05) is 50.0 Å². The highest BCUT2D eigenvalue weighted by Crippen LogP contribution is 2.29. The number of nitrogens with one attached hydrogen (secondary N) is 1. The summed E-state index contributed by atoms with van der Waals surface area (Å²) in [6.45, 7) is 7.76. The minimum absolute atomic E-state index is 0.0147. The molecule has 21 heavy (non-hydrogen) atoms. The molecule has 1 aliphatic heterocycles. The molecule has 2 rings (SSSR count). The van der Waals surface area contributed by atoms with E-state index in [1.807, 2.05) is 11.7 Å². The Morgan fingerprint density at radius 2 is 2.00 bits per heavy atom. The molecule has 1 aliphatic rings. The first-order valence-corrected chi connectivity index (χ1v) is 8.08. The van der Waals surface area contributed by atoms with E-state index in [1.54, 1.807) is 0 Å². The van der Waals surface area contributed by atoms with Crippen molar-refractivity contribution in [2.75, 3.05) is 26.4 Å². The second-order valence-electron chi connectivity index (χ2n) is 6.08. The summed E-state index contributed by atoms with van der Waals surface area (Å²) in [4.78, 5) is 0. The molecule has 1 saturated heterocycles. The van der Waals surface area contributed by atoms with Gasteiger partial charge in [-0.15, -0.1) is 0 Å². The summed E-state index contributed by atoms with van der Waals surface area (Å²) >= 11 is 0. The monoisotopic (exact) mass is 295 g/mol. The predicted octanol–water partition coefficient (Wildman–Crippen LogP) is 1.42. The molecule has 0 unspecified atom stereocenters. The standard InChI is InChI=1S/C16H29N3O2/c1-4-14-13(15(5-2)19(3)18-14)10-17-11-16(12-20)6-8-21-9-7-16/h17,20H,4-12H2,1-3H3. The van der Waals surface area contributed by atoms with Crippen molar-refractivity contribution in [1.29, 1.82) is 0 Å². The maximum absolute atomic E-state index is 9.73. The zero-order valence-electron chi connectivity index (χ0n) is 13.6. The number of aliphatic hydroxyl groups excluding tert-OH is 1. The van der Waals surface area contributed by atoms with Gasteiger partial charge in [-0.3, -0.25) is 4.68 Å². The molecule has 0 saturated carbocycles. The summed E-state index contributed by atoms with van der Waals surface area (Å²) in [5.41, 5.74) is 3.82. The molecular weight excluding hydrogens is 266 g/mol. The SMILES string of the molecule is CCc1nn(C)c(CC)c1CNCC1(CO)CCOCC1. The minimum Gasteiger partial charge on any atom is -0.396 e. The predicted molar refractivity (Wildman–Crippen MR) is 83.2 cm³/mol. The third-order valence-electron chi connectivity index (χ3n) is 4.72. The zero-order chi connectivity index (χ0) is 15.3. The zero-order valence-corrected chi connectivity index (χ0v) is 13.6. The number of aromatic nitrogens is 2. The Morgan fingerprint density at radius 1 is 1.29 bits per heavy atom. The number of rotatable bonds is 7. The Bertz CT molecular complexity index is 451. The van der Waals surface area contributed by atoms with Crippen molar-refractivity contribution in [2.45, 2.75) is 46.1 Å². The molecule has 0 atom stereocenters. The van der Waals surface area contributed by atoms with E-state index in [2.05, 4.69) is 24.3 Å². The first-order chi connectivity index (χ1) is 10.2. The van der Waals surface area contributed by atoms with Gasteiger partial charge in [-0.2, -0.15) is 5.10 Å². The molecule has 5 heteroatoms. The highest BCUT2D eigenvalue weighted by Gasteiger charge is 2.31. The molecule has 0 spiro atoms. The quantitative estimate of drug-likeness (QED) is 0.799. The normalized spacial score (nSPS) is 18.1. The van der Waals surface area contributed by atoms with Crippen molar-refractivity contribution >= 4 is 0 Å². The van der Waals surface area contributed by atoms with Crippen LogP contribution in [0.15, 0.2) is 0 Å². The van der Waals surface area contributed by atoms with Gasteiger partial charge in [0.1, 0.15) is 0 Å². The first kappa shape index (κ1) is 16.5. The number of nitrogens with zero attached hydrogens (tertiary/aromatic N) is 2. The van der Waals surface area contributed by atoms with Crippen LogP contribution in [-0.4, -0.2) is 41.3 Å². The molecule has 0 bridgehead atoms. The lowest BCUT2D eigenvalue weighted by molar-refractivity contribution is -0.0154. The van der Waals surface area contributed by atoms with Crippen LogP contribution in [0, 0.1) is 5.41 Å². The van der Waals surface area contributed by atoms with Gasteiger partial charge in [0.2, 0.25) is 0 Å².